The summed E-state index contributed by atoms with van der Waals surface area (Å²) in [6.45, 7) is 8.77. The predicted molar refractivity (Wildman–Crippen MR) is 117 cm³/mol. The molecule has 3 atom stereocenters. The number of aromatic nitrogens is 2. The number of carbonyl (C=O) groups excluding carboxylic acids is 1. The van der Waals surface area contributed by atoms with E-state index >= 15 is 0 Å². The van der Waals surface area contributed by atoms with Crippen LogP contribution in [-0.4, -0.2) is 78.0 Å². The fourth-order valence-electron chi connectivity index (χ4n) is 4.84. The number of hydrogen-bond acceptors (Lipinski definition) is 5. The van der Waals surface area contributed by atoms with Gasteiger partial charge in [-0.1, -0.05) is 0 Å². The first-order chi connectivity index (χ1) is 14.3. The van der Waals surface area contributed by atoms with E-state index in [2.05, 4.69) is 19.4 Å². The van der Waals surface area contributed by atoms with Gasteiger partial charge in [0.15, 0.2) is 6.04 Å². The largest absolute Gasteiger partial charge is 0.480 e. The first-order valence-electron chi connectivity index (χ1n) is 10.8. The topological polar surface area (TPSA) is 91.0 Å². The number of fused-ring (bicyclic) bond motifs is 1. The summed E-state index contributed by atoms with van der Waals surface area (Å²) in [5.41, 5.74) is 0. The SMILES string of the molecule is Cc1nccn1CCCC1CCN(C=N[C@@H]2C(=O)N3[C@@H]2SC(C)(C)[C@@H]3C(=O)O)CC1. The van der Waals surface area contributed by atoms with E-state index in [0.717, 1.165) is 44.2 Å². The summed E-state index contributed by atoms with van der Waals surface area (Å²) in [5, 5.41) is 9.35. The van der Waals surface area contributed by atoms with E-state index in [0.29, 0.717) is 0 Å². The molecule has 3 saturated heterocycles. The molecule has 9 heteroatoms. The molecule has 0 saturated carbocycles. The van der Waals surface area contributed by atoms with Crippen molar-refractivity contribution < 1.29 is 14.7 Å². The Hall–Kier alpha value is -2.03. The maximum absolute atomic E-state index is 12.5. The van der Waals surface area contributed by atoms with Crippen LogP contribution in [0.3, 0.4) is 0 Å². The number of aryl methyl sites for hydroxylation is 2. The molecule has 1 aromatic rings. The molecule has 164 valence electrons. The van der Waals surface area contributed by atoms with Crippen molar-refractivity contribution in [1.29, 1.82) is 0 Å². The van der Waals surface area contributed by atoms with Crippen LogP contribution in [0.15, 0.2) is 17.4 Å². The van der Waals surface area contributed by atoms with Crippen LogP contribution in [-0.2, 0) is 16.1 Å². The standard InChI is InChI=1S/C21H31N5O3S/c1-14-22-8-12-25(14)9-4-5-15-6-10-24(11-7-15)13-23-16-18(27)26-17(20(28)29)21(2,3)30-19(16)26/h8,12-13,15-17,19H,4-7,9-11H2,1-3H3,(H,28,29)/t16-,17+,19-/m1/s1. The van der Waals surface area contributed by atoms with Crippen molar-refractivity contribution >= 4 is 30.0 Å². The number of carbonyl (C=O) groups is 2. The molecule has 0 unspecified atom stereocenters. The third kappa shape index (κ3) is 3.96. The molecule has 0 aromatic carbocycles. The van der Waals surface area contributed by atoms with Gasteiger partial charge in [-0.25, -0.2) is 9.78 Å². The molecule has 4 heterocycles. The molecular weight excluding hydrogens is 402 g/mol. The van der Waals surface area contributed by atoms with E-state index in [1.54, 1.807) is 11.8 Å². The second-order valence-corrected chi connectivity index (χ2v) is 10.9. The number of aliphatic carboxylic acids is 1. The molecule has 30 heavy (non-hydrogen) atoms. The summed E-state index contributed by atoms with van der Waals surface area (Å²) in [7, 11) is 0. The summed E-state index contributed by atoms with van der Waals surface area (Å²) < 4.78 is 1.71. The highest BCUT2D eigenvalue weighted by Gasteiger charge is 2.63. The minimum absolute atomic E-state index is 0.158. The molecule has 0 spiro atoms. The molecule has 3 aliphatic heterocycles. The van der Waals surface area contributed by atoms with E-state index in [1.165, 1.54) is 17.7 Å². The summed E-state index contributed by atoms with van der Waals surface area (Å²) in [4.78, 5) is 36.6. The zero-order valence-corrected chi connectivity index (χ0v) is 18.7. The number of thioether (sulfide) groups is 1. The van der Waals surface area contributed by atoms with Gasteiger partial charge in [-0.3, -0.25) is 9.79 Å². The van der Waals surface area contributed by atoms with Crippen molar-refractivity contribution in [3.05, 3.63) is 18.2 Å². The molecular formula is C21H31N5O3S. The second-order valence-electron chi connectivity index (χ2n) is 9.10. The molecule has 1 amide bonds. The van der Waals surface area contributed by atoms with Crippen LogP contribution in [0.2, 0.25) is 0 Å². The van der Waals surface area contributed by atoms with Gasteiger partial charge in [-0.05, 0) is 52.4 Å². The third-order valence-electron chi connectivity index (χ3n) is 6.62. The van der Waals surface area contributed by atoms with Crippen molar-refractivity contribution in [1.82, 2.24) is 19.4 Å². The second kappa shape index (κ2) is 8.24. The van der Waals surface area contributed by atoms with Crippen molar-refractivity contribution in [2.75, 3.05) is 13.1 Å². The summed E-state index contributed by atoms with van der Waals surface area (Å²) in [6, 6.07) is -1.22. The number of carboxylic acids is 1. The van der Waals surface area contributed by atoms with Gasteiger partial charge < -0.3 is 19.5 Å². The number of aliphatic imine (C=N–C) groups is 1. The number of hydrogen-bond donors (Lipinski definition) is 1. The van der Waals surface area contributed by atoms with Gasteiger partial charge >= 0.3 is 5.97 Å². The maximum Gasteiger partial charge on any atom is 0.327 e. The number of likely N-dealkylation sites (tertiary alicyclic amines) is 1. The number of rotatable bonds is 7. The maximum atomic E-state index is 12.5. The Kier molecular flexibility index (Phi) is 5.83. The Morgan fingerprint density at radius 1 is 1.40 bits per heavy atom. The molecule has 1 N–H and O–H groups in total. The lowest BCUT2D eigenvalue weighted by molar-refractivity contribution is -0.158. The van der Waals surface area contributed by atoms with Gasteiger partial charge in [0.2, 0.25) is 0 Å². The van der Waals surface area contributed by atoms with Crippen LogP contribution < -0.4 is 0 Å². The van der Waals surface area contributed by atoms with Crippen LogP contribution >= 0.6 is 11.8 Å². The third-order valence-corrected chi connectivity index (χ3v) is 8.18. The Balaban J connectivity index is 1.22. The average molecular weight is 434 g/mol. The van der Waals surface area contributed by atoms with Crippen molar-refractivity contribution in [2.24, 2.45) is 10.9 Å². The number of nitrogens with zero attached hydrogens (tertiary/aromatic N) is 5. The van der Waals surface area contributed by atoms with E-state index in [9.17, 15) is 14.7 Å². The monoisotopic (exact) mass is 433 g/mol. The highest BCUT2D eigenvalue weighted by atomic mass is 32.2. The molecule has 1 aromatic heterocycles. The molecule has 0 radical (unpaired) electrons. The van der Waals surface area contributed by atoms with Gasteiger partial charge in [0, 0.05) is 36.8 Å². The Bertz CT molecular complexity index is 830. The molecule has 0 bridgehead atoms. The average Bonchev–Trinajstić information content (AvgIpc) is 3.21. The van der Waals surface area contributed by atoms with Crippen LogP contribution in [0.1, 0.15) is 45.4 Å². The number of piperidine rings is 1. The molecule has 3 aliphatic rings. The van der Waals surface area contributed by atoms with Crippen LogP contribution in [0.4, 0.5) is 0 Å². The first kappa shape index (κ1) is 21.2. The number of carboxylic acid groups (broad SMARTS) is 1. The highest BCUT2D eigenvalue weighted by Crippen LogP contribution is 2.51. The number of imidazole rings is 1. The first-order valence-corrected chi connectivity index (χ1v) is 11.6. The van der Waals surface area contributed by atoms with Crippen molar-refractivity contribution in [3.63, 3.8) is 0 Å². The Labute approximate surface area is 181 Å². The summed E-state index contributed by atoms with van der Waals surface area (Å²) in [5.74, 6) is 0.716. The van der Waals surface area contributed by atoms with E-state index in [4.69, 9.17) is 0 Å². The summed E-state index contributed by atoms with van der Waals surface area (Å²) in [6.07, 6.45) is 10.4. The highest BCUT2D eigenvalue weighted by molar-refractivity contribution is 8.01. The number of amides is 1. The van der Waals surface area contributed by atoms with Gasteiger partial charge in [0.05, 0.1) is 6.34 Å². The van der Waals surface area contributed by atoms with Gasteiger partial charge in [-0.15, -0.1) is 11.8 Å². The smallest absolute Gasteiger partial charge is 0.327 e. The lowest BCUT2D eigenvalue weighted by Crippen LogP contribution is -2.65. The molecule has 8 nitrogen and oxygen atoms in total. The van der Waals surface area contributed by atoms with Crippen molar-refractivity contribution in [2.45, 2.75) is 75.2 Å². The fourth-order valence-corrected chi connectivity index (χ4v) is 6.46. The molecule has 0 aliphatic carbocycles. The fraction of sp³-hybridized carbons (Fsp3) is 0.714. The quantitative estimate of drug-likeness (QED) is 0.403. The minimum atomic E-state index is -0.934. The normalized spacial score (nSPS) is 28.8. The zero-order chi connectivity index (χ0) is 21.5. The Morgan fingerprint density at radius 2 is 2.13 bits per heavy atom. The van der Waals surface area contributed by atoms with Gasteiger partial charge in [0.25, 0.3) is 5.91 Å². The van der Waals surface area contributed by atoms with E-state index in [1.807, 2.05) is 39.5 Å². The summed E-state index contributed by atoms with van der Waals surface area (Å²) >= 11 is 1.55. The lowest BCUT2D eigenvalue weighted by Gasteiger charge is -2.41. The van der Waals surface area contributed by atoms with Gasteiger partial charge in [0.1, 0.15) is 17.2 Å². The van der Waals surface area contributed by atoms with Crippen LogP contribution in [0.5, 0.6) is 0 Å². The van der Waals surface area contributed by atoms with Gasteiger partial charge in [-0.2, -0.15) is 0 Å². The Morgan fingerprint density at radius 3 is 2.77 bits per heavy atom. The molecule has 3 fully saturated rings. The number of β-lactam (4-membered cyclic amide) rings is 1. The zero-order valence-electron chi connectivity index (χ0n) is 17.9. The van der Waals surface area contributed by atoms with Crippen LogP contribution in [0.25, 0.3) is 0 Å². The molecule has 4 rings (SSSR count). The van der Waals surface area contributed by atoms with E-state index < -0.39 is 22.8 Å². The van der Waals surface area contributed by atoms with Crippen molar-refractivity contribution in [3.8, 4) is 0 Å². The van der Waals surface area contributed by atoms with Crippen LogP contribution in [0, 0.1) is 12.8 Å². The predicted octanol–water partition coefficient (Wildman–Crippen LogP) is 2.23. The van der Waals surface area contributed by atoms with E-state index in [-0.39, 0.29) is 11.3 Å². The minimum Gasteiger partial charge on any atom is -0.480 e. The lowest BCUT2D eigenvalue weighted by atomic mass is 9.92.